The second-order valence-corrected chi connectivity index (χ2v) is 7.34. The number of fused-ring (bicyclic) bond motifs is 1. The van der Waals surface area contributed by atoms with Crippen molar-refractivity contribution in [2.45, 2.75) is 38.9 Å². The average molecular weight is 349 g/mol. The van der Waals surface area contributed by atoms with E-state index in [1.807, 2.05) is 24.0 Å². The van der Waals surface area contributed by atoms with Crippen LogP contribution in [0.3, 0.4) is 0 Å². The number of rotatable bonds is 5. The normalized spacial score (nSPS) is 16.4. The lowest BCUT2D eigenvalue weighted by Gasteiger charge is -2.32. The fourth-order valence-corrected chi connectivity index (χ4v) is 3.84. The van der Waals surface area contributed by atoms with Crippen LogP contribution in [0.5, 0.6) is 0 Å². The maximum atomic E-state index is 4.72. The van der Waals surface area contributed by atoms with Gasteiger partial charge in [0.2, 0.25) is 0 Å². The average Bonchev–Trinajstić information content (AvgIpc) is 2.97. The van der Waals surface area contributed by atoms with Gasteiger partial charge in [-0.2, -0.15) is 5.10 Å². The van der Waals surface area contributed by atoms with E-state index in [4.69, 9.17) is 5.10 Å². The Morgan fingerprint density at radius 1 is 1.15 bits per heavy atom. The molecule has 1 N–H and O–H groups in total. The van der Waals surface area contributed by atoms with Crippen molar-refractivity contribution in [1.82, 2.24) is 25.0 Å². The van der Waals surface area contributed by atoms with Crippen molar-refractivity contribution in [2.24, 2.45) is 7.05 Å². The molecule has 3 heterocycles. The summed E-state index contributed by atoms with van der Waals surface area (Å²) in [4.78, 5) is 6.94. The molecule has 0 saturated carbocycles. The summed E-state index contributed by atoms with van der Waals surface area (Å²) in [6, 6.07) is 13.3. The van der Waals surface area contributed by atoms with Gasteiger partial charge in [-0.05, 0) is 44.0 Å². The van der Waals surface area contributed by atoms with E-state index in [0.717, 1.165) is 37.6 Å². The Morgan fingerprint density at radius 2 is 2.00 bits per heavy atom. The van der Waals surface area contributed by atoms with Crippen LogP contribution in [0.25, 0.3) is 10.9 Å². The summed E-state index contributed by atoms with van der Waals surface area (Å²) >= 11 is 0. The second-order valence-electron chi connectivity index (χ2n) is 7.34. The Labute approximate surface area is 155 Å². The molecule has 1 saturated heterocycles. The minimum atomic E-state index is 0.567. The summed E-state index contributed by atoms with van der Waals surface area (Å²) < 4.78 is 1.99. The van der Waals surface area contributed by atoms with Gasteiger partial charge in [-0.15, -0.1) is 0 Å². The predicted molar refractivity (Wildman–Crippen MR) is 105 cm³/mol. The van der Waals surface area contributed by atoms with E-state index in [0.29, 0.717) is 6.04 Å². The monoisotopic (exact) mass is 349 g/mol. The first-order valence-electron chi connectivity index (χ1n) is 9.47. The molecule has 5 nitrogen and oxygen atoms in total. The molecule has 1 aliphatic rings. The number of aryl methyl sites for hydroxylation is 2. The summed E-state index contributed by atoms with van der Waals surface area (Å²) in [5.41, 5.74) is 4.81. The SMILES string of the molecule is Cc1ccc2c(c1)c(CNC1CCN(Cc3ccccn3)CC1)nn2C. The Balaban J connectivity index is 1.32. The largest absolute Gasteiger partial charge is 0.308 e. The number of hydrogen-bond acceptors (Lipinski definition) is 4. The van der Waals surface area contributed by atoms with Crippen molar-refractivity contribution < 1.29 is 0 Å². The number of likely N-dealkylation sites (tertiary alicyclic amines) is 1. The van der Waals surface area contributed by atoms with E-state index in [2.05, 4.69) is 52.5 Å². The number of pyridine rings is 1. The quantitative estimate of drug-likeness (QED) is 0.769. The summed E-state index contributed by atoms with van der Waals surface area (Å²) in [5.74, 6) is 0. The number of nitrogens with one attached hydrogen (secondary N) is 1. The number of aromatic nitrogens is 3. The third-order valence-electron chi connectivity index (χ3n) is 5.34. The molecule has 5 heteroatoms. The Bertz CT molecular complexity index is 863. The summed E-state index contributed by atoms with van der Waals surface area (Å²) in [5, 5.41) is 9.72. The molecular formula is C21H27N5. The van der Waals surface area contributed by atoms with Gasteiger partial charge in [0.1, 0.15) is 0 Å². The van der Waals surface area contributed by atoms with Crippen LogP contribution in [0, 0.1) is 6.92 Å². The standard InChI is InChI=1S/C21H27N5/c1-16-6-7-21-19(13-16)20(24-25(21)2)14-23-17-8-11-26(12-9-17)15-18-5-3-4-10-22-18/h3-7,10,13,17,23H,8-9,11-12,14-15H2,1-2H3. The van der Waals surface area contributed by atoms with E-state index in [1.54, 1.807) is 0 Å². The number of benzene rings is 1. The highest BCUT2D eigenvalue weighted by atomic mass is 15.3. The summed E-state index contributed by atoms with van der Waals surface area (Å²) in [6.07, 6.45) is 4.23. The van der Waals surface area contributed by atoms with Gasteiger partial charge in [0.05, 0.1) is 16.9 Å². The maximum Gasteiger partial charge on any atom is 0.0841 e. The lowest BCUT2D eigenvalue weighted by atomic mass is 10.0. The highest BCUT2D eigenvalue weighted by Gasteiger charge is 2.20. The Hall–Kier alpha value is -2.24. The first kappa shape index (κ1) is 17.2. The molecule has 1 aromatic carbocycles. The number of nitrogens with zero attached hydrogens (tertiary/aromatic N) is 4. The van der Waals surface area contributed by atoms with E-state index in [-0.39, 0.29) is 0 Å². The van der Waals surface area contributed by atoms with Gasteiger partial charge in [-0.3, -0.25) is 14.6 Å². The van der Waals surface area contributed by atoms with Crippen LogP contribution in [0.4, 0.5) is 0 Å². The van der Waals surface area contributed by atoms with E-state index >= 15 is 0 Å². The van der Waals surface area contributed by atoms with Gasteiger partial charge in [-0.25, -0.2) is 0 Å². The predicted octanol–water partition coefficient (Wildman–Crippen LogP) is 3.03. The molecule has 0 spiro atoms. The number of piperidine rings is 1. The molecule has 0 atom stereocenters. The number of hydrogen-bond donors (Lipinski definition) is 1. The van der Waals surface area contributed by atoms with Crippen molar-refractivity contribution in [3.05, 3.63) is 59.5 Å². The second kappa shape index (κ2) is 7.56. The maximum absolute atomic E-state index is 4.72. The first-order valence-corrected chi connectivity index (χ1v) is 9.47. The molecule has 0 amide bonds. The first-order chi connectivity index (χ1) is 12.7. The Kier molecular flexibility index (Phi) is 5.00. The third-order valence-corrected chi connectivity index (χ3v) is 5.34. The zero-order chi connectivity index (χ0) is 17.9. The van der Waals surface area contributed by atoms with Gasteiger partial charge >= 0.3 is 0 Å². The van der Waals surface area contributed by atoms with Gasteiger partial charge in [-0.1, -0.05) is 17.7 Å². The highest BCUT2D eigenvalue weighted by Crippen LogP contribution is 2.20. The van der Waals surface area contributed by atoms with Crippen LogP contribution >= 0.6 is 0 Å². The van der Waals surface area contributed by atoms with Crippen molar-refractivity contribution in [3.63, 3.8) is 0 Å². The molecule has 136 valence electrons. The molecule has 0 unspecified atom stereocenters. The van der Waals surface area contributed by atoms with E-state index < -0.39 is 0 Å². The van der Waals surface area contributed by atoms with Crippen LogP contribution in [0.1, 0.15) is 29.8 Å². The van der Waals surface area contributed by atoms with Gasteiger partial charge in [0, 0.05) is 50.9 Å². The molecule has 1 aliphatic heterocycles. The lowest BCUT2D eigenvalue weighted by molar-refractivity contribution is 0.188. The lowest BCUT2D eigenvalue weighted by Crippen LogP contribution is -2.42. The molecule has 1 fully saturated rings. The summed E-state index contributed by atoms with van der Waals surface area (Å²) in [6.45, 7) is 6.18. The molecular weight excluding hydrogens is 322 g/mol. The minimum Gasteiger partial charge on any atom is -0.308 e. The van der Waals surface area contributed by atoms with E-state index in [1.165, 1.54) is 29.3 Å². The van der Waals surface area contributed by atoms with Gasteiger partial charge in [0.15, 0.2) is 0 Å². The van der Waals surface area contributed by atoms with Crippen molar-refractivity contribution in [1.29, 1.82) is 0 Å². The van der Waals surface area contributed by atoms with Crippen LogP contribution in [0.15, 0.2) is 42.6 Å². The molecule has 4 rings (SSSR count). The minimum absolute atomic E-state index is 0.567. The smallest absolute Gasteiger partial charge is 0.0841 e. The topological polar surface area (TPSA) is 46.0 Å². The van der Waals surface area contributed by atoms with Crippen LogP contribution in [-0.4, -0.2) is 38.8 Å². The van der Waals surface area contributed by atoms with E-state index in [9.17, 15) is 0 Å². The van der Waals surface area contributed by atoms with Gasteiger partial charge in [0.25, 0.3) is 0 Å². The summed E-state index contributed by atoms with van der Waals surface area (Å²) in [7, 11) is 2.03. The third kappa shape index (κ3) is 3.79. The van der Waals surface area contributed by atoms with Crippen LogP contribution in [0.2, 0.25) is 0 Å². The molecule has 26 heavy (non-hydrogen) atoms. The van der Waals surface area contributed by atoms with Crippen LogP contribution in [-0.2, 0) is 20.1 Å². The zero-order valence-electron chi connectivity index (χ0n) is 15.7. The van der Waals surface area contributed by atoms with Crippen LogP contribution < -0.4 is 5.32 Å². The zero-order valence-corrected chi connectivity index (χ0v) is 15.7. The molecule has 3 aromatic rings. The molecule has 0 aliphatic carbocycles. The fraction of sp³-hybridized carbons (Fsp3) is 0.429. The molecule has 0 radical (unpaired) electrons. The Morgan fingerprint density at radius 3 is 2.77 bits per heavy atom. The molecule has 2 aromatic heterocycles. The van der Waals surface area contributed by atoms with Crippen molar-refractivity contribution in [2.75, 3.05) is 13.1 Å². The van der Waals surface area contributed by atoms with Crippen molar-refractivity contribution >= 4 is 10.9 Å². The van der Waals surface area contributed by atoms with Crippen molar-refractivity contribution in [3.8, 4) is 0 Å². The molecule has 0 bridgehead atoms. The highest BCUT2D eigenvalue weighted by molar-refractivity contribution is 5.82. The fourth-order valence-electron chi connectivity index (χ4n) is 3.84. The van der Waals surface area contributed by atoms with Gasteiger partial charge < -0.3 is 5.32 Å².